The molecule has 0 rings (SSSR count). The van der Waals surface area contributed by atoms with Gasteiger partial charge in [-0.3, -0.25) is 4.90 Å². The summed E-state index contributed by atoms with van der Waals surface area (Å²) in [5, 5.41) is 0. The van der Waals surface area contributed by atoms with Gasteiger partial charge in [-0.1, -0.05) is 25.0 Å². The van der Waals surface area contributed by atoms with E-state index in [0.29, 0.717) is 0 Å². The first-order chi connectivity index (χ1) is 5.87. The Kier molecular flexibility index (Phi) is 4.69. The summed E-state index contributed by atoms with van der Waals surface area (Å²) in [5.74, 6) is 0. The Balaban J connectivity index is 4.82. The second-order valence-corrected chi connectivity index (χ2v) is 4.33. The highest BCUT2D eigenvalue weighted by atomic mass is 15.2. The number of likely N-dealkylation sites (N-methyl/N-ethyl adjacent to an activating group) is 1. The van der Waals surface area contributed by atoms with Gasteiger partial charge in [0, 0.05) is 5.54 Å². The van der Waals surface area contributed by atoms with E-state index in [0.717, 1.165) is 13.0 Å². The van der Waals surface area contributed by atoms with E-state index in [9.17, 15) is 0 Å². The normalized spacial score (nSPS) is 14.8. The molecule has 0 saturated carbocycles. The maximum atomic E-state index is 2.39. The predicted octanol–water partition coefficient (Wildman–Crippen LogP) is 3.46. The van der Waals surface area contributed by atoms with Gasteiger partial charge >= 0.3 is 0 Å². The van der Waals surface area contributed by atoms with Crippen LogP contribution in [0.5, 0.6) is 0 Å². The van der Waals surface area contributed by atoms with Crippen LogP contribution in [-0.4, -0.2) is 24.0 Å². The van der Waals surface area contributed by atoms with Gasteiger partial charge in [-0.25, -0.2) is 0 Å². The van der Waals surface area contributed by atoms with E-state index in [1.165, 1.54) is 11.1 Å². The van der Waals surface area contributed by atoms with Crippen LogP contribution in [-0.2, 0) is 0 Å². The van der Waals surface area contributed by atoms with Gasteiger partial charge < -0.3 is 0 Å². The van der Waals surface area contributed by atoms with E-state index >= 15 is 0 Å². The molecule has 0 spiro atoms. The van der Waals surface area contributed by atoms with Crippen LogP contribution in [0.4, 0.5) is 0 Å². The molecule has 1 nitrogen and oxygen atoms in total. The maximum Gasteiger partial charge on any atom is 0.0360 e. The third-order valence-electron chi connectivity index (χ3n) is 3.52. The minimum atomic E-state index is 0.203. The molecule has 0 atom stereocenters. The maximum absolute atomic E-state index is 2.39. The molecule has 0 aromatic rings. The molecule has 0 aromatic heterocycles. The summed E-state index contributed by atoms with van der Waals surface area (Å²) in [6, 6.07) is 0. The number of rotatable bonds is 4. The van der Waals surface area contributed by atoms with E-state index < -0.39 is 0 Å². The van der Waals surface area contributed by atoms with Crippen molar-refractivity contribution in [3.05, 3.63) is 11.1 Å². The Morgan fingerprint density at radius 1 is 1.15 bits per heavy atom. The Labute approximate surface area is 83.8 Å². The van der Waals surface area contributed by atoms with Crippen LogP contribution in [0, 0.1) is 0 Å². The minimum absolute atomic E-state index is 0.203. The van der Waals surface area contributed by atoms with Crippen molar-refractivity contribution in [1.29, 1.82) is 0 Å². The van der Waals surface area contributed by atoms with E-state index in [-0.39, 0.29) is 5.54 Å². The van der Waals surface area contributed by atoms with Gasteiger partial charge in [0.1, 0.15) is 0 Å². The van der Waals surface area contributed by atoms with Crippen molar-refractivity contribution in [2.45, 2.75) is 53.5 Å². The van der Waals surface area contributed by atoms with Gasteiger partial charge in [-0.2, -0.15) is 0 Å². The molecule has 0 aliphatic heterocycles. The molecule has 0 heterocycles. The molecular formula is C12H25N. The number of allylic oxidation sites excluding steroid dienone is 1. The Hall–Kier alpha value is -0.300. The van der Waals surface area contributed by atoms with E-state index in [1.807, 2.05) is 0 Å². The Bertz CT molecular complexity index is 189. The van der Waals surface area contributed by atoms with Crippen molar-refractivity contribution in [2.24, 2.45) is 0 Å². The molecule has 0 aromatic carbocycles. The zero-order chi connectivity index (χ0) is 10.6. The van der Waals surface area contributed by atoms with Crippen molar-refractivity contribution in [1.82, 2.24) is 4.90 Å². The highest BCUT2D eigenvalue weighted by Crippen LogP contribution is 2.25. The fraction of sp³-hybridized carbons (Fsp3) is 0.833. The number of hydrogen-bond acceptors (Lipinski definition) is 1. The van der Waals surface area contributed by atoms with Crippen LogP contribution < -0.4 is 0 Å². The summed E-state index contributed by atoms with van der Waals surface area (Å²) < 4.78 is 0. The molecule has 0 radical (unpaired) electrons. The number of nitrogens with zero attached hydrogens (tertiary/aromatic N) is 1. The summed E-state index contributed by atoms with van der Waals surface area (Å²) in [6.45, 7) is 14.6. The van der Waals surface area contributed by atoms with Crippen LogP contribution in [0.1, 0.15) is 48.0 Å². The fourth-order valence-electron chi connectivity index (χ4n) is 1.47. The highest BCUT2D eigenvalue weighted by molar-refractivity contribution is 5.21. The zero-order valence-corrected chi connectivity index (χ0v) is 10.4. The molecule has 0 aliphatic rings. The second kappa shape index (κ2) is 4.80. The molecule has 0 unspecified atom stereocenters. The zero-order valence-electron chi connectivity index (χ0n) is 10.4. The molecule has 13 heavy (non-hydrogen) atoms. The standard InChI is InChI=1S/C12H25N/c1-8-10(3)11(4)12(5,6)13(7)9-2/h8-9H2,1-7H3/b11-10-. The average molecular weight is 183 g/mol. The van der Waals surface area contributed by atoms with Crippen LogP contribution in [0.15, 0.2) is 11.1 Å². The lowest BCUT2D eigenvalue weighted by atomic mass is 9.89. The van der Waals surface area contributed by atoms with Crippen molar-refractivity contribution < 1.29 is 0 Å². The van der Waals surface area contributed by atoms with Gasteiger partial charge in [0.15, 0.2) is 0 Å². The third-order valence-corrected chi connectivity index (χ3v) is 3.52. The molecule has 78 valence electrons. The topological polar surface area (TPSA) is 3.24 Å². The van der Waals surface area contributed by atoms with Crippen LogP contribution in [0.25, 0.3) is 0 Å². The molecule has 0 amide bonds. The second-order valence-electron chi connectivity index (χ2n) is 4.33. The lowest BCUT2D eigenvalue weighted by Gasteiger charge is -2.37. The lowest BCUT2D eigenvalue weighted by molar-refractivity contribution is 0.201. The van der Waals surface area contributed by atoms with Gasteiger partial charge in [0.2, 0.25) is 0 Å². The third kappa shape index (κ3) is 2.84. The van der Waals surface area contributed by atoms with E-state index in [4.69, 9.17) is 0 Å². The highest BCUT2D eigenvalue weighted by Gasteiger charge is 2.24. The van der Waals surface area contributed by atoms with Crippen LogP contribution in [0.2, 0.25) is 0 Å². The van der Waals surface area contributed by atoms with Gasteiger partial charge in [0.25, 0.3) is 0 Å². The van der Waals surface area contributed by atoms with Gasteiger partial charge in [-0.15, -0.1) is 0 Å². The molecule has 0 aliphatic carbocycles. The van der Waals surface area contributed by atoms with Crippen molar-refractivity contribution in [3.8, 4) is 0 Å². The smallest absolute Gasteiger partial charge is 0.0360 e. The van der Waals surface area contributed by atoms with Crippen molar-refractivity contribution in [3.63, 3.8) is 0 Å². The molecule has 0 saturated heterocycles. The minimum Gasteiger partial charge on any atom is -0.298 e. The summed E-state index contributed by atoms with van der Waals surface area (Å²) in [6.07, 6.45) is 1.16. The molecule has 1 heteroatoms. The summed E-state index contributed by atoms with van der Waals surface area (Å²) in [7, 11) is 2.19. The fourth-order valence-corrected chi connectivity index (χ4v) is 1.47. The van der Waals surface area contributed by atoms with E-state index in [2.05, 4.69) is 53.5 Å². The van der Waals surface area contributed by atoms with Crippen LogP contribution in [0.3, 0.4) is 0 Å². The Morgan fingerprint density at radius 2 is 1.62 bits per heavy atom. The quantitative estimate of drug-likeness (QED) is 0.603. The molecule has 0 N–H and O–H groups in total. The summed E-state index contributed by atoms with van der Waals surface area (Å²) in [4.78, 5) is 2.39. The molecule has 0 bridgehead atoms. The monoisotopic (exact) mass is 183 g/mol. The predicted molar refractivity (Wildman–Crippen MR) is 61.0 cm³/mol. The average Bonchev–Trinajstić information content (AvgIpc) is 2.13. The first-order valence-electron chi connectivity index (χ1n) is 5.25. The Morgan fingerprint density at radius 3 is 1.92 bits per heavy atom. The first-order valence-corrected chi connectivity index (χ1v) is 5.25. The van der Waals surface area contributed by atoms with Gasteiger partial charge in [-0.05, 0) is 47.7 Å². The summed E-state index contributed by atoms with van der Waals surface area (Å²) in [5.41, 5.74) is 3.24. The summed E-state index contributed by atoms with van der Waals surface area (Å²) >= 11 is 0. The SMILES string of the molecule is CC/C(C)=C(/C)C(C)(C)N(C)CC. The molecular weight excluding hydrogens is 158 g/mol. The number of hydrogen-bond donors (Lipinski definition) is 0. The van der Waals surface area contributed by atoms with Gasteiger partial charge in [0.05, 0.1) is 0 Å². The van der Waals surface area contributed by atoms with E-state index in [1.54, 1.807) is 0 Å². The molecule has 0 fully saturated rings. The largest absolute Gasteiger partial charge is 0.298 e. The lowest BCUT2D eigenvalue weighted by Crippen LogP contribution is -2.42. The van der Waals surface area contributed by atoms with Crippen molar-refractivity contribution >= 4 is 0 Å². The van der Waals surface area contributed by atoms with Crippen molar-refractivity contribution in [2.75, 3.05) is 13.6 Å². The first kappa shape index (κ1) is 12.7. The van der Waals surface area contributed by atoms with Crippen LogP contribution >= 0.6 is 0 Å².